The van der Waals surface area contributed by atoms with E-state index in [1.165, 1.54) is 30.9 Å². The predicted octanol–water partition coefficient (Wildman–Crippen LogP) is 6.17. The van der Waals surface area contributed by atoms with Crippen molar-refractivity contribution in [3.63, 3.8) is 0 Å². The highest BCUT2D eigenvalue weighted by Crippen LogP contribution is 2.38. The van der Waals surface area contributed by atoms with E-state index in [-0.39, 0.29) is 0 Å². The summed E-state index contributed by atoms with van der Waals surface area (Å²) in [4.78, 5) is 3.13. The normalized spacial score (nSPS) is 12.7. The lowest BCUT2D eigenvalue weighted by Gasteiger charge is -2.13. The van der Waals surface area contributed by atoms with E-state index >= 15 is 0 Å². The van der Waals surface area contributed by atoms with Crippen LogP contribution in [0.25, 0.3) is 0 Å². The van der Waals surface area contributed by atoms with Crippen molar-refractivity contribution < 1.29 is 0 Å². The van der Waals surface area contributed by atoms with Gasteiger partial charge >= 0.3 is 0 Å². The number of hydrogen-bond acceptors (Lipinski definition) is 1. The van der Waals surface area contributed by atoms with E-state index in [1.807, 2.05) is 11.3 Å². The standard InChI is InChI=1S/C15H16Br2S/c1-4-11-5-6-14(18-11)15(17)12-7-10(3)13(16)8-9(12)2/h5-8,15H,4H2,1-3H3. The molecule has 1 aromatic heterocycles. The van der Waals surface area contributed by atoms with Crippen LogP contribution < -0.4 is 0 Å². The molecule has 0 aliphatic carbocycles. The molecule has 1 heterocycles. The van der Waals surface area contributed by atoms with Gasteiger partial charge < -0.3 is 0 Å². The molecule has 3 heteroatoms. The van der Waals surface area contributed by atoms with Gasteiger partial charge in [-0.1, -0.05) is 44.8 Å². The molecule has 0 spiro atoms. The van der Waals surface area contributed by atoms with Crippen LogP contribution in [0.4, 0.5) is 0 Å². The summed E-state index contributed by atoms with van der Waals surface area (Å²) in [6.45, 7) is 6.51. The molecule has 1 unspecified atom stereocenters. The molecular formula is C15H16Br2S. The van der Waals surface area contributed by atoms with Crippen molar-refractivity contribution >= 4 is 43.2 Å². The maximum Gasteiger partial charge on any atom is 0.0740 e. The molecular weight excluding hydrogens is 372 g/mol. The Labute approximate surface area is 130 Å². The average Bonchev–Trinajstić information content (AvgIpc) is 2.81. The van der Waals surface area contributed by atoms with Crippen molar-refractivity contribution in [1.82, 2.24) is 0 Å². The van der Waals surface area contributed by atoms with Gasteiger partial charge in [-0.15, -0.1) is 11.3 Å². The fraction of sp³-hybridized carbons (Fsp3) is 0.333. The number of benzene rings is 1. The minimum atomic E-state index is 0.301. The number of halogens is 2. The van der Waals surface area contributed by atoms with Crippen LogP contribution in [0.1, 0.15) is 38.2 Å². The Balaban J connectivity index is 2.39. The molecule has 0 amide bonds. The van der Waals surface area contributed by atoms with Crippen molar-refractivity contribution in [2.24, 2.45) is 0 Å². The fourth-order valence-corrected chi connectivity index (χ4v) is 4.28. The van der Waals surface area contributed by atoms with Crippen LogP contribution in [-0.4, -0.2) is 0 Å². The smallest absolute Gasteiger partial charge is 0.0740 e. The number of aryl methyl sites for hydroxylation is 3. The van der Waals surface area contributed by atoms with Crippen molar-refractivity contribution in [3.05, 3.63) is 55.2 Å². The molecule has 0 fully saturated rings. The van der Waals surface area contributed by atoms with Gasteiger partial charge in [0.05, 0.1) is 4.83 Å². The van der Waals surface area contributed by atoms with E-state index in [4.69, 9.17) is 0 Å². The summed E-state index contributed by atoms with van der Waals surface area (Å²) in [5, 5.41) is 0. The SMILES string of the molecule is CCc1ccc(C(Br)c2cc(C)c(Br)cc2C)s1. The van der Waals surface area contributed by atoms with Gasteiger partial charge in [-0.3, -0.25) is 0 Å². The highest BCUT2D eigenvalue weighted by atomic mass is 79.9. The van der Waals surface area contributed by atoms with E-state index < -0.39 is 0 Å². The summed E-state index contributed by atoms with van der Waals surface area (Å²) in [5.74, 6) is 0. The van der Waals surface area contributed by atoms with Gasteiger partial charge in [-0.05, 0) is 55.2 Å². The second-order valence-electron chi connectivity index (χ2n) is 4.48. The van der Waals surface area contributed by atoms with E-state index in [9.17, 15) is 0 Å². The quantitative estimate of drug-likeness (QED) is 0.552. The summed E-state index contributed by atoms with van der Waals surface area (Å²) < 4.78 is 1.18. The van der Waals surface area contributed by atoms with Crippen LogP contribution in [0.5, 0.6) is 0 Å². The molecule has 0 nitrogen and oxygen atoms in total. The molecule has 0 bridgehead atoms. The Bertz CT molecular complexity index is 558. The molecule has 0 saturated heterocycles. The number of alkyl halides is 1. The van der Waals surface area contributed by atoms with Crippen LogP contribution in [-0.2, 0) is 6.42 Å². The molecule has 0 aliphatic rings. The zero-order chi connectivity index (χ0) is 13.3. The third-order valence-electron chi connectivity index (χ3n) is 3.10. The van der Waals surface area contributed by atoms with Crippen molar-refractivity contribution in [2.45, 2.75) is 32.0 Å². The number of thiophene rings is 1. The molecule has 0 aliphatic heterocycles. The molecule has 96 valence electrons. The first-order valence-electron chi connectivity index (χ1n) is 6.02. The van der Waals surface area contributed by atoms with Gasteiger partial charge in [-0.25, -0.2) is 0 Å². The molecule has 1 atom stereocenters. The van der Waals surface area contributed by atoms with Crippen LogP contribution >= 0.6 is 43.2 Å². The van der Waals surface area contributed by atoms with Crippen LogP contribution in [0.15, 0.2) is 28.7 Å². The van der Waals surface area contributed by atoms with E-state index in [0.717, 1.165) is 6.42 Å². The Morgan fingerprint density at radius 1 is 1.17 bits per heavy atom. The summed E-state index contributed by atoms with van der Waals surface area (Å²) in [6, 6.07) is 8.94. The van der Waals surface area contributed by atoms with Crippen molar-refractivity contribution in [2.75, 3.05) is 0 Å². The maximum absolute atomic E-state index is 3.84. The van der Waals surface area contributed by atoms with E-state index in [1.54, 1.807) is 0 Å². The summed E-state index contributed by atoms with van der Waals surface area (Å²) >= 11 is 9.33. The lowest BCUT2D eigenvalue weighted by Crippen LogP contribution is -1.95. The molecule has 1 aromatic carbocycles. The van der Waals surface area contributed by atoms with Crippen molar-refractivity contribution in [3.8, 4) is 0 Å². The first-order chi connectivity index (χ1) is 8.52. The van der Waals surface area contributed by atoms with Gasteiger partial charge in [0, 0.05) is 14.2 Å². The monoisotopic (exact) mass is 386 g/mol. The Hall–Kier alpha value is -0.120. The lowest BCUT2D eigenvalue weighted by atomic mass is 10.0. The third kappa shape index (κ3) is 2.89. The van der Waals surface area contributed by atoms with E-state index in [2.05, 4.69) is 76.9 Å². The Morgan fingerprint density at radius 3 is 2.50 bits per heavy atom. The minimum absolute atomic E-state index is 0.301. The predicted molar refractivity (Wildman–Crippen MR) is 88.1 cm³/mol. The minimum Gasteiger partial charge on any atom is -0.144 e. The zero-order valence-corrected chi connectivity index (χ0v) is 14.7. The fourth-order valence-electron chi connectivity index (χ4n) is 1.95. The van der Waals surface area contributed by atoms with Gasteiger partial charge in [-0.2, -0.15) is 0 Å². The largest absolute Gasteiger partial charge is 0.144 e. The molecule has 18 heavy (non-hydrogen) atoms. The van der Waals surface area contributed by atoms with Crippen LogP contribution in [0, 0.1) is 13.8 Å². The molecule has 2 aromatic rings. The number of rotatable bonds is 3. The van der Waals surface area contributed by atoms with Crippen LogP contribution in [0.2, 0.25) is 0 Å². The Morgan fingerprint density at radius 2 is 1.89 bits per heavy atom. The molecule has 0 saturated carbocycles. The summed E-state index contributed by atoms with van der Waals surface area (Å²) in [6.07, 6.45) is 1.11. The second-order valence-corrected chi connectivity index (χ2v) is 7.45. The lowest BCUT2D eigenvalue weighted by molar-refractivity contribution is 1.16. The van der Waals surface area contributed by atoms with Crippen LogP contribution in [0.3, 0.4) is 0 Å². The van der Waals surface area contributed by atoms with E-state index in [0.29, 0.717) is 4.83 Å². The maximum atomic E-state index is 3.84. The number of hydrogen-bond donors (Lipinski definition) is 0. The molecule has 0 radical (unpaired) electrons. The summed E-state index contributed by atoms with van der Waals surface area (Å²) in [5.41, 5.74) is 3.97. The molecule has 2 rings (SSSR count). The van der Waals surface area contributed by atoms with Gasteiger partial charge in [0.15, 0.2) is 0 Å². The third-order valence-corrected chi connectivity index (χ3v) is 6.54. The van der Waals surface area contributed by atoms with Gasteiger partial charge in [0.25, 0.3) is 0 Å². The highest BCUT2D eigenvalue weighted by Gasteiger charge is 2.16. The second kappa shape index (κ2) is 5.89. The first kappa shape index (κ1) is 14.3. The average molecular weight is 388 g/mol. The Kier molecular flexibility index (Phi) is 4.68. The topological polar surface area (TPSA) is 0 Å². The van der Waals surface area contributed by atoms with Gasteiger partial charge in [0.1, 0.15) is 0 Å². The summed E-state index contributed by atoms with van der Waals surface area (Å²) in [7, 11) is 0. The zero-order valence-electron chi connectivity index (χ0n) is 10.8. The van der Waals surface area contributed by atoms with Crippen molar-refractivity contribution in [1.29, 1.82) is 0 Å². The van der Waals surface area contributed by atoms with Gasteiger partial charge in [0.2, 0.25) is 0 Å². The first-order valence-corrected chi connectivity index (χ1v) is 8.54. The molecule has 0 N–H and O–H groups in total. The highest BCUT2D eigenvalue weighted by molar-refractivity contribution is 9.10.